The van der Waals surface area contributed by atoms with Gasteiger partial charge >= 0.3 is 0 Å². The number of aryl methyl sites for hydroxylation is 1. The van der Waals surface area contributed by atoms with Gasteiger partial charge in [0.25, 0.3) is 0 Å². The summed E-state index contributed by atoms with van der Waals surface area (Å²) in [5.41, 5.74) is 10.7. The number of carbonyl (C=O) groups excluding carboxylic acids is 1. The van der Waals surface area contributed by atoms with Gasteiger partial charge in [-0.1, -0.05) is 24.3 Å². The van der Waals surface area contributed by atoms with Crippen LogP contribution in [0, 0.1) is 6.92 Å². The van der Waals surface area contributed by atoms with E-state index in [0.29, 0.717) is 0 Å². The third-order valence-corrected chi connectivity index (χ3v) is 3.96. The summed E-state index contributed by atoms with van der Waals surface area (Å²) in [6.07, 6.45) is 0. The first-order chi connectivity index (χ1) is 9.00. The molecule has 0 aliphatic carbocycles. The molecule has 1 aromatic carbocycles. The Hall–Kier alpha value is -1.72. The van der Waals surface area contributed by atoms with E-state index in [9.17, 15) is 4.79 Å². The van der Waals surface area contributed by atoms with E-state index >= 15 is 0 Å². The Bertz CT molecular complexity index is 575. The summed E-state index contributed by atoms with van der Waals surface area (Å²) in [6, 6.07) is 7.17. The second kappa shape index (κ2) is 5.50. The number of carbonyl (C=O) groups is 1. The Morgan fingerprint density at radius 1 is 1.32 bits per heavy atom. The minimum atomic E-state index is -0.605. The topological polar surface area (TPSA) is 59.2 Å². The first kappa shape index (κ1) is 13.7. The molecule has 2 rings (SSSR count). The average Bonchev–Trinajstić information content (AvgIpc) is 2.83. The first-order valence-electron chi connectivity index (χ1n) is 5.98. The van der Waals surface area contributed by atoms with Crippen LogP contribution in [-0.2, 0) is 4.79 Å². The van der Waals surface area contributed by atoms with Crippen LogP contribution in [0.4, 0.5) is 0 Å². The summed E-state index contributed by atoms with van der Waals surface area (Å²) >= 11 is 1.61. The molecule has 4 nitrogen and oxygen atoms in total. The molecule has 0 aliphatic heterocycles. The number of amides is 1. The molecule has 100 valence electrons. The number of benzene rings is 1. The van der Waals surface area contributed by atoms with E-state index in [1.54, 1.807) is 25.4 Å². The Morgan fingerprint density at radius 2 is 1.95 bits per heavy atom. The monoisotopic (exact) mass is 275 g/mol. The molecule has 0 unspecified atom stereocenters. The van der Waals surface area contributed by atoms with Crippen molar-refractivity contribution in [2.75, 3.05) is 14.1 Å². The van der Waals surface area contributed by atoms with Crippen LogP contribution in [-0.4, -0.2) is 29.9 Å². The third-order valence-electron chi connectivity index (χ3n) is 2.98. The van der Waals surface area contributed by atoms with Crippen LogP contribution in [0.2, 0.25) is 0 Å². The largest absolute Gasteiger partial charge is 0.347 e. The lowest BCUT2D eigenvalue weighted by Gasteiger charge is -2.17. The van der Waals surface area contributed by atoms with Crippen LogP contribution in [0.25, 0.3) is 10.4 Å². The molecule has 1 amide bonds. The molecule has 1 atom stereocenters. The molecule has 0 radical (unpaired) electrons. The van der Waals surface area contributed by atoms with Gasteiger partial charge < -0.3 is 10.6 Å². The predicted molar refractivity (Wildman–Crippen MR) is 77.9 cm³/mol. The van der Waals surface area contributed by atoms with Crippen molar-refractivity contribution in [1.82, 2.24) is 9.88 Å². The normalized spacial score (nSPS) is 12.2. The lowest BCUT2D eigenvalue weighted by molar-refractivity contribution is -0.130. The van der Waals surface area contributed by atoms with Crippen molar-refractivity contribution in [3.05, 3.63) is 41.0 Å². The standard InChI is InChI=1S/C14H17N3OS/c1-9-13(19-8-16-9)11-6-4-10(5-7-11)12(15)14(18)17(2)3/h4-8,12H,15H2,1-3H3/t12-/m1/s1. The summed E-state index contributed by atoms with van der Waals surface area (Å²) < 4.78 is 0. The molecule has 2 N–H and O–H groups in total. The number of aromatic nitrogens is 1. The minimum Gasteiger partial charge on any atom is -0.347 e. The van der Waals surface area contributed by atoms with E-state index in [-0.39, 0.29) is 5.91 Å². The van der Waals surface area contributed by atoms with Crippen molar-refractivity contribution in [3.8, 4) is 10.4 Å². The van der Waals surface area contributed by atoms with E-state index in [1.165, 1.54) is 4.90 Å². The zero-order valence-electron chi connectivity index (χ0n) is 11.3. The van der Waals surface area contributed by atoms with Crippen molar-refractivity contribution in [1.29, 1.82) is 0 Å². The molecule has 0 saturated carbocycles. The molecule has 0 bridgehead atoms. The summed E-state index contributed by atoms with van der Waals surface area (Å²) in [6.45, 7) is 1.99. The van der Waals surface area contributed by atoms with Gasteiger partial charge in [0.2, 0.25) is 5.91 Å². The molecule has 5 heteroatoms. The second-order valence-electron chi connectivity index (χ2n) is 4.60. The zero-order chi connectivity index (χ0) is 14.0. The molecular weight excluding hydrogens is 258 g/mol. The Morgan fingerprint density at radius 3 is 2.42 bits per heavy atom. The number of thiazole rings is 1. The van der Waals surface area contributed by atoms with Gasteiger partial charge in [0.1, 0.15) is 6.04 Å². The fourth-order valence-electron chi connectivity index (χ4n) is 1.84. The number of nitrogens with two attached hydrogens (primary N) is 1. The molecule has 0 saturated heterocycles. The molecule has 0 fully saturated rings. The van der Waals surface area contributed by atoms with Crippen molar-refractivity contribution in [2.24, 2.45) is 5.73 Å². The lowest BCUT2D eigenvalue weighted by atomic mass is 10.0. The SMILES string of the molecule is Cc1ncsc1-c1ccc([C@@H](N)C(=O)N(C)C)cc1. The highest BCUT2D eigenvalue weighted by atomic mass is 32.1. The van der Waals surface area contributed by atoms with Gasteiger partial charge in [-0.2, -0.15) is 0 Å². The molecular formula is C14H17N3OS. The molecule has 2 aromatic rings. The van der Waals surface area contributed by atoms with E-state index in [4.69, 9.17) is 5.73 Å². The molecule has 0 spiro atoms. The van der Waals surface area contributed by atoms with Crippen molar-refractivity contribution < 1.29 is 4.79 Å². The van der Waals surface area contributed by atoms with Crippen LogP contribution in [0.5, 0.6) is 0 Å². The van der Waals surface area contributed by atoms with Gasteiger partial charge in [-0.25, -0.2) is 4.98 Å². The number of hydrogen-bond acceptors (Lipinski definition) is 4. The second-order valence-corrected chi connectivity index (χ2v) is 5.45. The number of rotatable bonds is 3. The number of hydrogen-bond donors (Lipinski definition) is 1. The van der Waals surface area contributed by atoms with Gasteiger partial charge in [0.05, 0.1) is 16.1 Å². The van der Waals surface area contributed by atoms with Gasteiger partial charge in [-0.15, -0.1) is 11.3 Å². The zero-order valence-corrected chi connectivity index (χ0v) is 12.1. The molecule has 19 heavy (non-hydrogen) atoms. The minimum absolute atomic E-state index is 0.0956. The molecule has 1 heterocycles. The molecule has 0 aliphatic rings. The van der Waals surface area contributed by atoms with Crippen molar-refractivity contribution in [3.63, 3.8) is 0 Å². The van der Waals surface area contributed by atoms with E-state index < -0.39 is 6.04 Å². The van der Waals surface area contributed by atoms with E-state index in [1.807, 2.05) is 36.7 Å². The van der Waals surface area contributed by atoms with Gasteiger partial charge in [0.15, 0.2) is 0 Å². The highest BCUT2D eigenvalue weighted by Gasteiger charge is 2.17. The maximum absolute atomic E-state index is 11.8. The summed E-state index contributed by atoms with van der Waals surface area (Å²) in [5.74, 6) is -0.0956. The van der Waals surface area contributed by atoms with Crippen LogP contribution in [0.1, 0.15) is 17.3 Å². The summed E-state index contributed by atoms with van der Waals surface area (Å²) in [4.78, 5) is 18.7. The smallest absolute Gasteiger partial charge is 0.243 e. The number of nitrogens with zero attached hydrogens (tertiary/aromatic N) is 2. The average molecular weight is 275 g/mol. The fraction of sp³-hybridized carbons (Fsp3) is 0.286. The van der Waals surface area contributed by atoms with E-state index in [0.717, 1.165) is 21.7 Å². The van der Waals surface area contributed by atoms with Crippen LogP contribution in [0.3, 0.4) is 0 Å². The Kier molecular flexibility index (Phi) is 3.97. The Labute approximate surface area is 116 Å². The van der Waals surface area contributed by atoms with Crippen molar-refractivity contribution in [2.45, 2.75) is 13.0 Å². The van der Waals surface area contributed by atoms with Crippen LogP contribution in [0.15, 0.2) is 29.8 Å². The predicted octanol–water partition coefficient (Wildman–Crippen LogP) is 2.21. The van der Waals surface area contributed by atoms with Crippen LogP contribution >= 0.6 is 11.3 Å². The maximum Gasteiger partial charge on any atom is 0.243 e. The third kappa shape index (κ3) is 2.83. The fourth-order valence-corrected chi connectivity index (χ4v) is 2.65. The summed E-state index contributed by atoms with van der Waals surface area (Å²) in [5, 5.41) is 0. The van der Waals surface area contributed by atoms with Crippen LogP contribution < -0.4 is 5.73 Å². The highest BCUT2D eigenvalue weighted by Crippen LogP contribution is 2.28. The highest BCUT2D eigenvalue weighted by molar-refractivity contribution is 7.13. The maximum atomic E-state index is 11.8. The van der Waals surface area contributed by atoms with Crippen molar-refractivity contribution >= 4 is 17.2 Å². The quantitative estimate of drug-likeness (QED) is 0.934. The Balaban J connectivity index is 2.24. The number of likely N-dealkylation sites (N-methyl/N-ethyl adjacent to an activating group) is 1. The first-order valence-corrected chi connectivity index (χ1v) is 6.86. The van der Waals surface area contributed by atoms with E-state index in [2.05, 4.69) is 4.98 Å². The summed E-state index contributed by atoms with van der Waals surface area (Å²) in [7, 11) is 3.41. The lowest BCUT2D eigenvalue weighted by Crippen LogP contribution is -2.33. The van der Waals surface area contributed by atoms with Gasteiger partial charge in [-0.05, 0) is 18.1 Å². The molecule has 1 aromatic heterocycles. The van der Waals surface area contributed by atoms with Gasteiger partial charge in [-0.3, -0.25) is 4.79 Å². The van der Waals surface area contributed by atoms with Gasteiger partial charge in [0, 0.05) is 14.1 Å².